The minimum atomic E-state index is 0.417. The Bertz CT molecular complexity index is 1390. The fourth-order valence-electron chi connectivity index (χ4n) is 3.52. The van der Waals surface area contributed by atoms with E-state index in [1.165, 1.54) is 10.8 Å². The topological polar surface area (TPSA) is 46.0 Å². The lowest BCUT2D eigenvalue weighted by molar-refractivity contribution is 0.872. The Hall–Kier alpha value is -3.28. The molecule has 0 radical (unpaired) electrons. The lowest BCUT2D eigenvalue weighted by atomic mass is 9.97. The molecule has 6 heteroatoms. The van der Waals surface area contributed by atoms with Crippen molar-refractivity contribution in [3.8, 4) is 11.4 Å². The second-order valence-corrected chi connectivity index (χ2v) is 7.47. The zero-order chi connectivity index (χ0) is 19.8. The number of hydrogen-bond acceptors (Lipinski definition) is 3. The Morgan fingerprint density at radius 1 is 0.897 bits per heavy atom. The number of benzene rings is 4. The molecule has 29 heavy (non-hydrogen) atoms. The fourth-order valence-corrected chi connectivity index (χ4v) is 3.89. The van der Waals surface area contributed by atoms with E-state index in [1.54, 1.807) is 4.68 Å². The monoisotopic (exact) mass is 414 g/mol. The zero-order valence-corrected chi connectivity index (χ0v) is 16.8. The van der Waals surface area contributed by atoms with E-state index in [-0.39, 0.29) is 0 Å². The van der Waals surface area contributed by atoms with Gasteiger partial charge in [-0.2, -0.15) is 14.9 Å². The van der Waals surface area contributed by atoms with Gasteiger partial charge < -0.3 is 0 Å². The Morgan fingerprint density at radius 2 is 1.59 bits per heavy atom. The number of H-pyrrole nitrogens is 1. The molecule has 5 rings (SSSR count). The minimum Gasteiger partial charge on any atom is -0.250 e. The quantitative estimate of drug-likeness (QED) is 0.209. The highest BCUT2D eigenvalue weighted by Gasteiger charge is 2.10. The second kappa shape index (κ2) is 7.28. The largest absolute Gasteiger partial charge is 0.250 e. The van der Waals surface area contributed by atoms with Gasteiger partial charge in [0.05, 0.1) is 6.21 Å². The number of aromatic nitrogens is 3. The van der Waals surface area contributed by atoms with Gasteiger partial charge in [-0.3, -0.25) is 0 Å². The van der Waals surface area contributed by atoms with Gasteiger partial charge in [-0.1, -0.05) is 72.3 Å². The molecule has 5 aromatic rings. The Kier molecular flexibility index (Phi) is 4.46. The predicted octanol–water partition coefficient (Wildman–Crippen LogP) is 6.45. The zero-order valence-electron chi connectivity index (χ0n) is 15.2. The van der Waals surface area contributed by atoms with Crippen molar-refractivity contribution in [1.29, 1.82) is 0 Å². The van der Waals surface area contributed by atoms with E-state index in [2.05, 4.69) is 40.5 Å². The molecule has 0 spiro atoms. The summed E-state index contributed by atoms with van der Waals surface area (Å²) in [4.78, 5) is 0. The molecule has 4 aromatic carbocycles. The number of aromatic amines is 1. The van der Waals surface area contributed by atoms with Gasteiger partial charge >= 0.3 is 0 Å². The number of halogens is 1. The molecule has 0 aliphatic rings. The molecule has 1 aromatic heterocycles. The molecule has 0 unspecified atom stereocenters. The van der Waals surface area contributed by atoms with Gasteiger partial charge in [-0.05, 0) is 52.0 Å². The molecule has 4 nitrogen and oxygen atoms in total. The van der Waals surface area contributed by atoms with Crippen molar-refractivity contribution < 1.29 is 0 Å². The van der Waals surface area contributed by atoms with E-state index in [1.807, 2.05) is 54.7 Å². The average molecular weight is 415 g/mol. The molecule has 0 fully saturated rings. The molecule has 1 N–H and O–H groups in total. The third-order valence-corrected chi connectivity index (χ3v) is 5.35. The summed E-state index contributed by atoms with van der Waals surface area (Å²) in [6.45, 7) is 0. The van der Waals surface area contributed by atoms with E-state index < -0.39 is 0 Å². The van der Waals surface area contributed by atoms with Crippen LogP contribution in [0.15, 0.2) is 84.0 Å². The van der Waals surface area contributed by atoms with Crippen molar-refractivity contribution in [3.05, 3.63) is 94.2 Å². The van der Waals surface area contributed by atoms with Crippen LogP contribution in [0.1, 0.15) is 5.56 Å². The fraction of sp³-hybridized carbons (Fsp3) is 0. The van der Waals surface area contributed by atoms with Crippen LogP contribution in [0.3, 0.4) is 0 Å². The predicted molar refractivity (Wildman–Crippen MR) is 122 cm³/mol. The van der Waals surface area contributed by atoms with Crippen molar-refractivity contribution in [3.63, 3.8) is 0 Å². The first-order valence-corrected chi connectivity index (χ1v) is 9.87. The summed E-state index contributed by atoms with van der Waals surface area (Å²) < 4.78 is 2.04. The minimum absolute atomic E-state index is 0.417. The normalized spacial score (nSPS) is 11.6. The lowest BCUT2D eigenvalue weighted by Gasteiger charge is -2.08. The number of hydrogen-bond donors (Lipinski definition) is 1. The molecule has 140 valence electrons. The van der Waals surface area contributed by atoms with Gasteiger partial charge in [-0.25, -0.2) is 5.10 Å². The summed E-state index contributed by atoms with van der Waals surface area (Å²) in [6.07, 6.45) is 1.85. The van der Waals surface area contributed by atoms with E-state index in [4.69, 9.17) is 28.9 Å². The van der Waals surface area contributed by atoms with Crippen LogP contribution < -0.4 is 0 Å². The van der Waals surface area contributed by atoms with Crippen molar-refractivity contribution in [2.24, 2.45) is 5.10 Å². The van der Waals surface area contributed by atoms with Gasteiger partial charge in [0.1, 0.15) is 0 Å². The first-order valence-electron chi connectivity index (χ1n) is 9.09. The van der Waals surface area contributed by atoms with Gasteiger partial charge in [0.2, 0.25) is 4.77 Å². The summed E-state index contributed by atoms with van der Waals surface area (Å²) in [5.74, 6) is 0.610. The maximum atomic E-state index is 6.15. The summed E-state index contributed by atoms with van der Waals surface area (Å²) in [5, 5.41) is 17.1. The van der Waals surface area contributed by atoms with Crippen molar-refractivity contribution >= 4 is 51.6 Å². The molecule has 0 aliphatic heterocycles. The second-order valence-electron chi connectivity index (χ2n) is 6.65. The summed E-state index contributed by atoms with van der Waals surface area (Å²) >= 11 is 11.6. The van der Waals surface area contributed by atoms with Crippen LogP contribution in [0.2, 0.25) is 5.02 Å². The molecule has 0 saturated carbocycles. The van der Waals surface area contributed by atoms with Crippen LogP contribution in [-0.2, 0) is 0 Å². The highest BCUT2D eigenvalue weighted by atomic mass is 35.5. The van der Waals surface area contributed by atoms with Crippen LogP contribution >= 0.6 is 23.8 Å². The number of rotatable bonds is 3. The third-order valence-electron chi connectivity index (χ3n) is 4.85. The van der Waals surface area contributed by atoms with Gasteiger partial charge in [0, 0.05) is 16.1 Å². The van der Waals surface area contributed by atoms with Gasteiger partial charge in [0.15, 0.2) is 5.82 Å². The molecular formula is C23H15ClN4S. The number of nitrogens with zero attached hydrogens (tertiary/aromatic N) is 3. The molecule has 0 amide bonds. The Labute approximate surface area is 177 Å². The van der Waals surface area contributed by atoms with Gasteiger partial charge in [-0.15, -0.1) is 0 Å². The average Bonchev–Trinajstić information content (AvgIpc) is 3.11. The van der Waals surface area contributed by atoms with Crippen LogP contribution in [0.5, 0.6) is 0 Å². The first-order chi connectivity index (χ1) is 14.2. The molecule has 0 aliphatic carbocycles. The summed E-state index contributed by atoms with van der Waals surface area (Å²) in [6, 6.07) is 26.3. The molecular weight excluding hydrogens is 400 g/mol. The molecule has 0 bridgehead atoms. The van der Waals surface area contributed by atoms with E-state index >= 15 is 0 Å². The smallest absolute Gasteiger partial charge is 0.216 e. The number of nitrogens with one attached hydrogen (secondary N) is 1. The van der Waals surface area contributed by atoms with Crippen LogP contribution in [0.4, 0.5) is 0 Å². The van der Waals surface area contributed by atoms with Crippen LogP contribution in [0, 0.1) is 4.77 Å². The molecule has 0 atom stereocenters. The first kappa shape index (κ1) is 17.8. The Balaban J connectivity index is 1.71. The SMILES string of the molecule is S=c1[nH]nc(-c2cccc(Cl)c2)n1/N=C/c1c2ccccc2cc2ccccc12. The third kappa shape index (κ3) is 3.24. The standard InChI is InChI=1S/C23H15ClN4S/c24-18-9-5-8-17(13-18)22-26-27-23(29)28(22)25-14-21-19-10-3-1-6-15(19)12-16-7-2-4-11-20(16)21/h1-14H,(H,27,29)/b25-14+. The summed E-state index contributed by atoms with van der Waals surface area (Å²) in [7, 11) is 0. The highest BCUT2D eigenvalue weighted by Crippen LogP contribution is 2.27. The Morgan fingerprint density at radius 3 is 2.28 bits per heavy atom. The highest BCUT2D eigenvalue weighted by molar-refractivity contribution is 7.71. The van der Waals surface area contributed by atoms with E-state index in [9.17, 15) is 0 Å². The lowest BCUT2D eigenvalue weighted by Crippen LogP contribution is -1.96. The van der Waals surface area contributed by atoms with Crippen LogP contribution in [-0.4, -0.2) is 21.1 Å². The van der Waals surface area contributed by atoms with Crippen LogP contribution in [0.25, 0.3) is 32.9 Å². The maximum absolute atomic E-state index is 6.15. The van der Waals surface area contributed by atoms with Gasteiger partial charge in [0.25, 0.3) is 0 Å². The summed E-state index contributed by atoms with van der Waals surface area (Å²) in [5.41, 5.74) is 1.88. The molecule has 1 heterocycles. The maximum Gasteiger partial charge on any atom is 0.216 e. The molecule has 0 saturated heterocycles. The van der Waals surface area contributed by atoms with Crippen molar-refractivity contribution in [2.75, 3.05) is 0 Å². The van der Waals surface area contributed by atoms with Crippen molar-refractivity contribution in [1.82, 2.24) is 14.9 Å². The van der Waals surface area contributed by atoms with Crippen molar-refractivity contribution in [2.45, 2.75) is 0 Å². The van der Waals surface area contributed by atoms with E-state index in [0.29, 0.717) is 15.6 Å². The number of fused-ring (bicyclic) bond motifs is 2. The van der Waals surface area contributed by atoms with E-state index in [0.717, 1.165) is 21.9 Å².